The minimum Gasteiger partial charge on any atom is -0.462 e. The highest BCUT2D eigenvalue weighted by molar-refractivity contribution is 5.89. The van der Waals surface area contributed by atoms with Crippen molar-refractivity contribution in [1.82, 2.24) is 0 Å². The summed E-state index contributed by atoms with van der Waals surface area (Å²) in [7, 11) is 0. The zero-order chi connectivity index (χ0) is 38.7. The smallest absolute Gasteiger partial charge is 0.338 e. The van der Waals surface area contributed by atoms with Crippen molar-refractivity contribution in [3.05, 3.63) is 48.0 Å². The molecule has 15 nitrogen and oxygen atoms in total. The molecule has 0 unspecified atom stereocenters. The minimum atomic E-state index is -2.47. The SMILES string of the molecule is C=C(C)[C@@]1(O)[C@H](OC(C)=O)[C@@H]2[C@H](OC(C)=O)[C@@]3(COC(C)=O)O[C@@]4([C@@H]3OC(C)=O)[C@@H](OC(C)=O)[C@@H](C)C[C@H]4[C@@]2(O)[C@H](C)[C@@H]1OC(=O)c1ccccc1. The van der Waals surface area contributed by atoms with Crippen LogP contribution in [0.1, 0.15) is 72.2 Å². The molecule has 2 bridgehead atoms. The van der Waals surface area contributed by atoms with Crippen LogP contribution in [0.3, 0.4) is 0 Å². The number of carbonyl (C=O) groups is 6. The van der Waals surface area contributed by atoms with Crippen LogP contribution in [0, 0.1) is 23.7 Å². The highest BCUT2D eigenvalue weighted by atomic mass is 16.7. The highest BCUT2D eigenvalue weighted by Gasteiger charge is 2.89. The predicted octanol–water partition coefficient (Wildman–Crippen LogP) is 1.98. The summed E-state index contributed by atoms with van der Waals surface area (Å²) in [6, 6.07) is 7.87. The van der Waals surface area contributed by atoms with E-state index in [9.17, 15) is 39.0 Å². The fourth-order valence-electron chi connectivity index (χ4n) is 9.44. The Kier molecular flexibility index (Phi) is 10.1. The molecule has 6 rings (SSSR count). The number of carbonyl (C=O) groups excluding carboxylic acids is 6. The summed E-state index contributed by atoms with van der Waals surface area (Å²) in [5.41, 5.74) is -8.74. The van der Waals surface area contributed by atoms with Gasteiger partial charge in [-0.1, -0.05) is 38.6 Å². The van der Waals surface area contributed by atoms with Crippen molar-refractivity contribution in [2.24, 2.45) is 23.7 Å². The van der Waals surface area contributed by atoms with Crippen molar-refractivity contribution in [1.29, 1.82) is 0 Å². The Bertz CT molecular complexity index is 1660. The fraction of sp³-hybridized carbons (Fsp3) is 0.622. The van der Waals surface area contributed by atoms with E-state index in [4.69, 9.17) is 33.2 Å². The summed E-state index contributed by atoms with van der Waals surface area (Å²) in [5.74, 6) is -9.91. The molecule has 0 amide bonds. The summed E-state index contributed by atoms with van der Waals surface area (Å²) in [5, 5.41) is 26.5. The van der Waals surface area contributed by atoms with Crippen molar-refractivity contribution < 1.29 is 72.1 Å². The summed E-state index contributed by atoms with van der Waals surface area (Å²) >= 11 is 0. The monoisotopic (exact) mass is 730 g/mol. The maximum atomic E-state index is 13.7. The van der Waals surface area contributed by atoms with Gasteiger partial charge in [0.15, 0.2) is 22.9 Å². The van der Waals surface area contributed by atoms with Crippen LogP contribution in [0.5, 0.6) is 0 Å². The molecule has 1 spiro atoms. The lowest BCUT2D eigenvalue weighted by molar-refractivity contribution is -0.403. The Morgan fingerprint density at radius 2 is 1.29 bits per heavy atom. The molecule has 0 aromatic heterocycles. The molecule has 284 valence electrons. The Morgan fingerprint density at radius 1 is 0.750 bits per heavy atom. The first-order valence-electron chi connectivity index (χ1n) is 17.1. The van der Waals surface area contributed by atoms with Gasteiger partial charge in [0.1, 0.15) is 31.0 Å². The summed E-state index contributed by atoms with van der Waals surface area (Å²) in [6.07, 6.45) is -8.08. The highest BCUT2D eigenvalue weighted by Crippen LogP contribution is 2.71. The number of hydrogen-bond acceptors (Lipinski definition) is 15. The molecule has 0 radical (unpaired) electrons. The van der Waals surface area contributed by atoms with Crippen LogP contribution < -0.4 is 0 Å². The molecule has 1 aromatic rings. The molecule has 2 heterocycles. The van der Waals surface area contributed by atoms with Crippen molar-refractivity contribution in [3.63, 3.8) is 0 Å². The van der Waals surface area contributed by atoms with E-state index in [1.807, 2.05) is 0 Å². The van der Waals surface area contributed by atoms with Gasteiger partial charge < -0.3 is 43.4 Å². The summed E-state index contributed by atoms with van der Waals surface area (Å²) < 4.78 is 42.1. The molecule has 1 aromatic carbocycles. The Morgan fingerprint density at radius 3 is 1.81 bits per heavy atom. The quantitative estimate of drug-likeness (QED) is 0.212. The number of esters is 6. The van der Waals surface area contributed by atoms with E-state index >= 15 is 0 Å². The van der Waals surface area contributed by atoms with Gasteiger partial charge in [-0.25, -0.2) is 4.79 Å². The number of rotatable bonds is 9. The fourth-order valence-corrected chi connectivity index (χ4v) is 9.44. The number of benzene rings is 1. The molecule has 3 saturated carbocycles. The second kappa shape index (κ2) is 13.6. The third-order valence-electron chi connectivity index (χ3n) is 11.2. The van der Waals surface area contributed by atoms with Crippen molar-refractivity contribution in [3.8, 4) is 0 Å². The third kappa shape index (κ3) is 5.77. The molecule has 2 N–H and O–H groups in total. The molecule has 5 fully saturated rings. The largest absolute Gasteiger partial charge is 0.462 e. The Hall–Kier alpha value is -4.34. The summed E-state index contributed by atoms with van der Waals surface area (Å²) in [4.78, 5) is 77.7. The van der Waals surface area contributed by atoms with E-state index in [-0.39, 0.29) is 17.6 Å². The van der Waals surface area contributed by atoms with Gasteiger partial charge in [-0.2, -0.15) is 0 Å². The van der Waals surface area contributed by atoms with Crippen molar-refractivity contribution >= 4 is 35.8 Å². The van der Waals surface area contributed by atoms with Gasteiger partial charge in [-0.3, -0.25) is 24.0 Å². The third-order valence-corrected chi connectivity index (χ3v) is 11.2. The van der Waals surface area contributed by atoms with E-state index in [0.29, 0.717) is 0 Å². The van der Waals surface area contributed by atoms with E-state index in [1.165, 1.54) is 32.9 Å². The van der Waals surface area contributed by atoms with Gasteiger partial charge >= 0.3 is 35.8 Å². The van der Waals surface area contributed by atoms with Crippen LogP contribution in [0.4, 0.5) is 0 Å². The maximum absolute atomic E-state index is 13.7. The molecule has 2 saturated heterocycles. The van der Waals surface area contributed by atoms with E-state index < -0.39 is 119 Å². The lowest BCUT2D eigenvalue weighted by Gasteiger charge is -2.62. The lowest BCUT2D eigenvalue weighted by Crippen LogP contribution is -2.83. The van der Waals surface area contributed by atoms with Gasteiger partial charge in [-0.15, -0.1) is 0 Å². The van der Waals surface area contributed by atoms with Crippen LogP contribution in [0.15, 0.2) is 42.5 Å². The van der Waals surface area contributed by atoms with E-state index in [1.54, 1.807) is 25.1 Å². The molecule has 52 heavy (non-hydrogen) atoms. The standard InChI is InChI=1S/C37H46O15/c1-17(2)35(44)29(51-32(43)25-13-11-10-12-14-25)19(4)36(45)26-15-18(3)28(47-21(6)39)37(26)33(50-24(9)42)34(52-37,16-46-20(5)38)30(48-22(7)40)27(36)31(35)49-23(8)41/h10-14,18-19,26-31,33,44-45H,1,15-16H2,2-9H3/t18-,19+,26-,27-,28-,29-,30-,31+,33+,34+,35-,36-,37+/m0/s1. The van der Waals surface area contributed by atoms with Gasteiger partial charge in [0.2, 0.25) is 0 Å². The first-order chi connectivity index (χ1) is 24.2. The van der Waals surface area contributed by atoms with Crippen molar-refractivity contribution in [2.45, 2.75) is 115 Å². The van der Waals surface area contributed by atoms with Crippen LogP contribution in [0.2, 0.25) is 0 Å². The first kappa shape index (κ1) is 38.9. The zero-order valence-corrected chi connectivity index (χ0v) is 30.4. The van der Waals surface area contributed by atoms with Gasteiger partial charge in [-0.05, 0) is 37.0 Å². The van der Waals surface area contributed by atoms with Crippen LogP contribution in [-0.4, -0.2) is 106 Å². The zero-order valence-electron chi connectivity index (χ0n) is 30.4. The molecule has 13 atom stereocenters. The molecule has 5 aliphatic rings. The minimum absolute atomic E-state index is 0.0150. The van der Waals surface area contributed by atoms with Crippen LogP contribution in [-0.2, 0) is 57.1 Å². The molecular weight excluding hydrogens is 684 g/mol. The second-order valence-corrected chi connectivity index (χ2v) is 14.5. The average molecular weight is 731 g/mol. The topological polar surface area (TPSA) is 207 Å². The van der Waals surface area contributed by atoms with Crippen molar-refractivity contribution in [2.75, 3.05) is 6.61 Å². The maximum Gasteiger partial charge on any atom is 0.338 e. The Balaban J connectivity index is 1.88. The van der Waals surface area contributed by atoms with Gasteiger partial charge in [0, 0.05) is 46.5 Å². The predicted molar refractivity (Wildman–Crippen MR) is 176 cm³/mol. The van der Waals surface area contributed by atoms with Crippen LogP contribution >= 0.6 is 0 Å². The molecule has 3 aliphatic carbocycles. The lowest BCUT2D eigenvalue weighted by atomic mass is 9.52. The molecular formula is C37H46O15. The molecule has 15 heteroatoms. The molecule has 2 aliphatic heterocycles. The second-order valence-electron chi connectivity index (χ2n) is 14.5. The average Bonchev–Trinajstić information content (AvgIpc) is 3.27. The van der Waals surface area contributed by atoms with Crippen LogP contribution in [0.25, 0.3) is 0 Å². The van der Waals surface area contributed by atoms with Gasteiger partial charge in [0.25, 0.3) is 0 Å². The van der Waals surface area contributed by atoms with E-state index in [0.717, 1.165) is 27.7 Å². The van der Waals surface area contributed by atoms with Gasteiger partial charge in [0.05, 0.1) is 17.1 Å². The first-order valence-corrected chi connectivity index (χ1v) is 17.1. The summed E-state index contributed by atoms with van der Waals surface area (Å²) in [6.45, 7) is 13.4. The number of aliphatic hydroxyl groups is 2. The Labute approximate surface area is 300 Å². The van der Waals surface area contributed by atoms with E-state index in [2.05, 4.69) is 6.58 Å². The number of hydrogen-bond donors (Lipinski definition) is 2. The number of ether oxygens (including phenoxy) is 7. The normalized spacial score (nSPS) is 39.9.